The molecule has 2 aromatic rings. The van der Waals surface area contributed by atoms with Crippen molar-refractivity contribution in [3.05, 3.63) is 76.3 Å². The lowest BCUT2D eigenvalue weighted by molar-refractivity contribution is -0.133. The van der Waals surface area contributed by atoms with Crippen LogP contribution < -0.4 is 0 Å². The maximum absolute atomic E-state index is 13.6. The van der Waals surface area contributed by atoms with Crippen LogP contribution in [0.25, 0.3) is 5.57 Å². The van der Waals surface area contributed by atoms with Crippen molar-refractivity contribution >= 4 is 28.9 Å². The molecule has 30 heavy (non-hydrogen) atoms. The van der Waals surface area contributed by atoms with Crippen LogP contribution in [0.5, 0.6) is 0 Å². The first-order chi connectivity index (χ1) is 14.5. The van der Waals surface area contributed by atoms with Crippen LogP contribution in [0, 0.1) is 5.82 Å². The van der Waals surface area contributed by atoms with Crippen LogP contribution in [0.3, 0.4) is 0 Å². The van der Waals surface area contributed by atoms with Crippen LogP contribution >= 0.6 is 11.6 Å². The zero-order chi connectivity index (χ0) is 21.9. The zero-order valence-electron chi connectivity index (χ0n) is 17.0. The lowest BCUT2D eigenvalue weighted by Crippen LogP contribution is -2.12. The summed E-state index contributed by atoms with van der Waals surface area (Å²) in [4.78, 5) is 17.7. The van der Waals surface area contributed by atoms with Crippen molar-refractivity contribution < 1.29 is 28.2 Å². The number of halogens is 2. The van der Waals surface area contributed by atoms with Gasteiger partial charge in [-0.1, -0.05) is 41.0 Å². The second kappa shape index (κ2) is 11.9. The highest BCUT2D eigenvalue weighted by molar-refractivity contribution is 6.32. The van der Waals surface area contributed by atoms with E-state index in [9.17, 15) is 9.18 Å². The molecule has 0 radical (unpaired) electrons. The van der Waals surface area contributed by atoms with E-state index in [1.807, 2.05) is 6.92 Å². The van der Waals surface area contributed by atoms with Gasteiger partial charge in [0.25, 0.3) is 0 Å². The fraction of sp³-hybridized carbons (Fsp3) is 0.273. The summed E-state index contributed by atoms with van der Waals surface area (Å²) in [6.45, 7) is 2.41. The Hall–Kier alpha value is -2.90. The number of carbonyl (C=O) groups excluding carboxylic acids is 1. The largest absolute Gasteiger partial charge is 0.503 e. The molecule has 8 heteroatoms. The van der Waals surface area contributed by atoms with Crippen molar-refractivity contribution in [3.63, 3.8) is 0 Å². The molecule has 0 heterocycles. The van der Waals surface area contributed by atoms with Crippen molar-refractivity contribution in [2.24, 2.45) is 5.16 Å². The van der Waals surface area contributed by atoms with Gasteiger partial charge in [0.15, 0.2) is 0 Å². The van der Waals surface area contributed by atoms with Gasteiger partial charge in [-0.25, -0.2) is 9.18 Å². The zero-order valence-corrected chi connectivity index (χ0v) is 17.7. The van der Waals surface area contributed by atoms with Gasteiger partial charge in [-0.3, -0.25) is 0 Å². The summed E-state index contributed by atoms with van der Waals surface area (Å²) in [6.07, 6.45) is 1.28. The van der Waals surface area contributed by atoms with E-state index in [4.69, 9.17) is 30.6 Å². The minimum Gasteiger partial charge on any atom is -0.503 e. The number of ether oxygens (including phenoxy) is 3. The number of rotatable bonds is 10. The summed E-state index contributed by atoms with van der Waals surface area (Å²) in [5.41, 5.74) is 2.16. The van der Waals surface area contributed by atoms with Crippen LogP contribution in [0.1, 0.15) is 23.6 Å². The number of oxime groups is 1. The van der Waals surface area contributed by atoms with E-state index in [0.29, 0.717) is 34.0 Å². The van der Waals surface area contributed by atoms with E-state index in [1.54, 1.807) is 30.3 Å². The highest BCUT2D eigenvalue weighted by Gasteiger charge is 2.19. The molecule has 0 bridgehead atoms. The van der Waals surface area contributed by atoms with E-state index < -0.39 is 11.8 Å². The second-order valence-corrected chi connectivity index (χ2v) is 6.39. The molecular weight excluding hydrogens is 413 g/mol. The lowest BCUT2D eigenvalue weighted by atomic mass is 10.0. The summed E-state index contributed by atoms with van der Waals surface area (Å²) >= 11 is 6.34. The summed E-state index contributed by atoms with van der Waals surface area (Å²) in [5, 5.41) is 4.50. The Morgan fingerprint density at radius 3 is 2.63 bits per heavy atom. The standard InChI is InChI=1S/C22H23ClFNO5/c1-4-29-14-21(15-7-5-8-16(24)11-15)25-30-13-18-17(9-6-10-20(18)23)19(12-27-2)22(26)28-3/h5-12H,4,13-14H2,1-3H3/b19-12+,25-21+. The van der Waals surface area contributed by atoms with Gasteiger partial charge < -0.3 is 19.0 Å². The van der Waals surface area contributed by atoms with Crippen LogP contribution in [0.4, 0.5) is 4.39 Å². The molecule has 0 aliphatic carbocycles. The molecule has 0 saturated carbocycles. The fourth-order valence-corrected chi connectivity index (χ4v) is 2.84. The van der Waals surface area contributed by atoms with Crippen LogP contribution in [0.2, 0.25) is 5.02 Å². The Morgan fingerprint density at radius 2 is 1.97 bits per heavy atom. The lowest BCUT2D eigenvalue weighted by Gasteiger charge is -2.13. The minimum atomic E-state index is -0.583. The SMILES string of the molecule is CCOC/C(=N\OCc1c(Cl)cccc1/C(=C\OC)C(=O)OC)c1cccc(F)c1. The number of hydrogen-bond donors (Lipinski definition) is 0. The second-order valence-electron chi connectivity index (χ2n) is 5.98. The maximum Gasteiger partial charge on any atom is 0.341 e. The molecule has 6 nitrogen and oxygen atoms in total. The van der Waals surface area contributed by atoms with E-state index in [2.05, 4.69) is 5.16 Å². The Balaban J connectivity index is 2.33. The minimum absolute atomic E-state index is 0.0437. The molecule has 0 fully saturated rings. The molecule has 160 valence electrons. The number of nitrogens with zero attached hydrogens (tertiary/aromatic N) is 1. The van der Waals surface area contributed by atoms with Gasteiger partial charge in [0.05, 0.1) is 27.1 Å². The predicted molar refractivity (Wildman–Crippen MR) is 113 cm³/mol. The third kappa shape index (κ3) is 6.30. The monoisotopic (exact) mass is 435 g/mol. The van der Waals surface area contributed by atoms with Crippen LogP contribution in [0.15, 0.2) is 53.9 Å². The van der Waals surface area contributed by atoms with Crippen molar-refractivity contribution in [2.75, 3.05) is 27.4 Å². The molecule has 0 amide bonds. The number of methoxy groups -OCH3 is 2. The average molecular weight is 436 g/mol. The van der Waals surface area contributed by atoms with Crippen LogP contribution in [-0.4, -0.2) is 39.1 Å². The number of hydrogen-bond acceptors (Lipinski definition) is 6. The summed E-state index contributed by atoms with van der Waals surface area (Å²) in [7, 11) is 2.70. The van der Waals surface area contributed by atoms with Gasteiger partial charge in [-0.05, 0) is 25.1 Å². The van der Waals surface area contributed by atoms with E-state index in [1.165, 1.54) is 32.6 Å². The van der Waals surface area contributed by atoms with Gasteiger partial charge in [0.1, 0.15) is 23.7 Å². The van der Waals surface area contributed by atoms with Gasteiger partial charge in [-0.2, -0.15) is 0 Å². The topological polar surface area (TPSA) is 66.3 Å². The van der Waals surface area contributed by atoms with E-state index in [0.717, 1.165) is 0 Å². The quantitative estimate of drug-likeness (QED) is 0.179. The normalized spacial score (nSPS) is 11.9. The van der Waals surface area contributed by atoms with Gasteiger partial charge in [0, 0.05) is 28.3 Å². The average Bonchev–Trinajstić information content (AvgIpc) is 2.75. The van der Waals surface area contributed by atoms with E-state index >= 15 is 0 Å². The Morgan fingerprint density at radius 1 is 1.20 bits per heavy atom. The first-order valence-corrected chi connectivity index (χ1v) is 9.51. The van der Waals surface area contributed by atoms with Gasteiger partial charge >= 0.3 is 5.97 Å². The van der Waals surface area contributed by atoms with Crippen molar-refractivity contribution in [3.8, 4) is 0 Å². The molecule has 0 aliphatic rings. The van der Waals surface area contributed by atoms with Gasteiger partial charge in [-0.15, -0.1) is 0 Å². The highest BCUT2D eigenvalue weighted by atomic mass is 35.5. The molecule has 0 aromatic heterocycles. The Kier molecular flexibility index (Phi) is 9.31. The van der Waals surface area contributed by atoms with Crippen molar-refractivity contribution in [1.29, 1.82) is 0 Å². The molecule has 2 aromatic carbocycles. The number of carbonyl (C=O) groups is 1. The number of esters is 1. The Bertz CT molecular complexity index is 929. The molecule has 2 rings (SSSR count). The first-order valence-electron chi connectivity index (χ1n) is 9.13. The molecule has 0 aliphatic heterocycles. The Labute approximate surface area is 179 Å². The third-order valence-corrected chi connectivity index (χ3v) is 4.39. The smallest absolute Gasteiger partial charge is 0.341 e. The molecule has 0 N–H and O–H groups in total. The highest BCUT2D eigenvalue weighted by Crippen LogP contribution is 2.28. The molecule has 0 unspecified atom stereocenters. The summed E-state index contributed by atoms with van der Waals surface area (Å²) < 4.78 is 28.8. The van der Waals surface area contributed by atoms with E-state index in [-0.39, 0.29) is 18.8 Å². The fourth-order valence-electron chi connectivity index (χ4n) is 2.61. The molecule has 0 atom stereocenters. The molecular formula is C22H23ClFNO5. The van der Waals surface area contributed by atoms with Crippen molar-refractivity contribution in [2.45, 2.75) is 13.5 Å². The maximum atomic E-state index is 13.6. The third-order valence-electron chi connectivity index (χ3n) is 4.03. The predicted octanol–water partition coefficient (Wildman–Crippen LogP) is 4.60. The van der Waals surface area contributed by atoms with Gasteiger partial charge in [0.2, 0.25) is 0 Å². The number of benzene rings is 2. The molecule has 0 saturated heterocycles. The summed E-state index contributed by atoms with van der Waals surface area (Å²) in [6, 6.07) is 11.0. The molecule has 0 spiro atoms. The summed E-state index contributed by atoms with van der Waals surface area (Å²) in [5.74, 6) is -0.974. The first kappa shape index (κ1) is 23.4. The van der Waals surface area contributed by atoms with Crippen LogP contribution in [-0.2, 0) is 30.4 Å². The van der Waals surface area contributed by atoms with Crippen molar-refractivity contribution in [1.82, 2.24) is 0 Å².